The maximum absolute atomic E-state index is 12.0. The molecule has 28 heavy (non-hydrogen) atoms. The summed E-state index contributed by atoms with van der Waals surface area (Å²) < 4.78 is 12.3. The quantitative estimate of drug-likeness (QED) is 0.377. The maximum Gasteiger partial charge on any atom is 0.277 e. The van der Waals surface area contributed by atoms with E-state index in [1.54, 1.807) is 18.2 Å². The Morgan fingerprint density at radius 3 is 2.68 bits per heavy atom. The van der Waals surface area contributed by atoms with Gasteiger partial charge in [-0.15, -0.1) is 0 Å². The molecule has 6 nitrogen and oxygen atoms in total. The third-order valence-corrected chi connectivity index (χ3v) is 5.16. The zero-order valence-electron chi connectivity index (χ0n) is 14.8. The summed E-state index contributed by atoms with van der Waals surface area (Å²) in [7, 11) is 1.47. The lowest BCUT2D eigenvalue weighted by Gasteiger charge is -2.10. The van der Waals surface area contributed by atoms with Crippen LogP contribution >= 0.6 is 31.9 Å². The standard InChI is InChI=1S/C20H16Br2N2O4/c1-27-17-6-2-12(8-16(17)25)10-23-24-19(26)11-28-18-7-3-13-9-14(21)4-5-15(13)20(18)22/h2-10,25H,11H2,1H3,(H,24,26)/b23-10+. The number of hydrogen-bond donors (Lipinski definition) is 2. The highest BCUT2D eigenvalue weighted by Gasteiger charge is 2.09. The average Bonchev–Trinajstić information content (AvgIpc) is 2.67. The highest BCUT2D eigenvalue weighted by molar-refractivity contribution is 9.11. The van der Waals surface area contributed by atoms with Gasteiger partial charge < -0.3 is 14.6 Å². The van der Waals surface area contributed by atoms with Gasteiger partial charge in [0.1, 0.15) is 5.75 Å². The topological polar surface area (TPSA) is 80.2 Å². The molecular weight excluding hydrogens is 492 g/mol. The molecule has 0 heterocycles. The third-order valence-electron chi connectivity index (χ3n) is 3.85. The van der Waals surface area contributed by atoms with Crippen molar-refractivity contribution in [3.63, 3.8) is 0 Å². The van der Waals surface area contributed by atoms with E-state index in [4.69, 9.17) is 9.47 Å². The van der Waals surface area contributed by atoms with Crippen LogP contribution in [0.3, 0.4) is 0 Å². The Kier molecular flexibility index (Phi) is 6.53. The van der Waals surface area contributed by atoms with E-state index in [0.29, 0.717) is 17.1 Å². The highest BCUT2D eigenvalue weighted by Crippen LogP contribution is 2.34. The summed E-state index contributed by atoms with van der Waals surface area (Å²) in [6, 6.07) is 14.4. The van der Waals surface area contributed by atoms with Crippen molar-refractivity contribution in [3.05, 3.63) is 63.0 Å². The fourth-order valence-electron chi connectivity index (χ4n) is 2.50. The number of carbonyl (C=O) groups is 1. The monoisotopic (exact) mass is 506 g/mol. The van der Waals surface area contributed by atoms with Gasteiger partial charge in [0, 0.05) is 4.47 Å². The third kappa shape index (κ3) is 4.82. The van der Waals surface area contributed by atoms with Crippen LogP contribution in [-0.4, -0.2) is 30.9 Å². The molecule has 0 aliphatic rings. The largest absolute Gasteiger partial charge is 0.504 e. The Morgan fingerprint density at radius 2 is 1.93 bits per heavy atom. The molecule has 3 aromatic rings. The maximum atomic E-state index is 12.0. The molecule has 0 spiro atoms. The van der Waals surface area contributed by atoms with Crippen molar-refractivity contribution in [2.24, 2.45) is 5.10 Å². The van der Waals surface area contributed by atoms with Gasteiger partial charge >= 0.3 is 0 Å². The van der Waals surface area contributed by atoms with Gasteiger partial charge in [0.05, 0.1) is 17.8 Å². The van der Waals surface area contributed by atoms with Crippen molar-refractivity contribution in [1.82, 2.24) is 5.43 Å². The average molecular weight is 508 g/mol. The number of nitrogens with zero attached hydrogens (tertiary/aromatic N) is 1. The van der Waals surface area contributed by atoms with Crippen LogP contribution in [0, 0.1) is 0 Å². The van der Waals surface area contributed by atoms with E-state index >= 15 is 0 Å². The lowest BCUT2D eigenvalue weighted by molar-refractivity contribution is -0.123. The molecule has 2 N–H and O–H groups in total. The zero-order chi connectivity index (χ0) is 20.1. The van der Waals surface area contributed by atoms with Crippen LogP contribution < -0.4 is 14.9 Å². The van der Waals surface area contributed by atoms with E-state index in [0.717, 1.165) is 19.7 Å². The number of amides is 1. The van der Waals surface area contributed by atoms with Crippen molar-refractivity contribution in [1.29, 1.82) is 0 Å². The molecule has 0 radical (unpaired) electrons. The van der Waals surface area contributed by atoms with E-state index in [2.05, 4.69) is 42.4 Å². The summed E-state index contributed by atoms with van der Waals surface area (Å²) in [5.41, 5.74) is 3.00. The molecule has 0 saturated carbocycles. The molecule has 0 saturated heterocycles. The number of ether oxygens (including phenoxy) is 2. The fourth-order valence-corrected chi connectivity index (χ4v) is 3.48. The van der Waals surface area contributed by atoms with Crippen LogP contribution in [-0.2, 0) is 4.79 Å². The minimum Gasteiger partial charge on any atom is -0.504 e. The molecule has 3 rings (SSSR count). The van der Waals surface area contributed by atoms with Crippen LogP contribution in [0.15, 0.2) is 62.6 Å². The molecule has 3 aromatic carbocycles. The summed E-state index contributed by atoms with van der Waals surface area (Å²) in [4.78, 5) is 12.0. The predicted octanol–water partition coefficient (Wildman–Crippen LogP) is 4.61. The SMILES string of the molecule is COc1ccc(/C=N/NC(=O)COc2ccc3cc(Br)ccc3c2Br)cc1O. The molecule has 0 aliphatic carbocycles. The summed E-state index contributed by atoms with van der Waals surface area (Å²) in [5, 5.41) is 15.6. The normalized spacial score (nSPS) is 11.0. The van der Waals surface area contributed by atoms with Crippen LogP contribution in [0.1, 0.15) is 5.56 Å². The Morgan fingerprint density at radius 1 is 1.14 bits per heavy atom. The first-order valence-electron chi connectivity index (χ1n) is 8.17. The smallest absolute Gasteiger partial charge is 0.277 e. The van der Waals surface area contributed by atoms with Crippen LogP contribution in [0.4, 0.5) is 0 Å². The molecule has 0 atom stereocenters. The van der Waals surface area contributed by atoms with Gasteiger partial charge in [-0.3, -0.25) is 4.79 Å². The number of nitrogens with one attached hydrogen (secondary N) is 1. The summed E-state index contributed by atoms with van der Waals surface area (Å²) in [6.45, 7) is -0.189. The number of hydrazone groups is 1. The van der Waals surface area contributed by atoms with Gasteiger partial charge in [0.15, 0.2) is 18.1 Å². The molecular formula is C20H16Br2N2O4. The number of benzene rings is 3. The van der Waals surface area contributed by atoms with Gasteiger partial charge in [-0.2, -0.15) is 5.10 Å². The van der Waals surface area contributed by atoms with E-state index in [1.807, 2.05) is 24.3 Å². The Labute approximate surface area is 178 Å². The van der Waals surface area contributed by atoms with Crippen molar-refractivity contribution in [2.45, 2.75) is 0 Å². The van der Waals surface area contributed by atoms with Crippen molar-refractivity contribution < 1.29 is 19.4 Å². The summed E-state index contributed by atoms with van der Waals surface area (Å²) in [6.07, 6.45) is 1.42. The molecule has 144 valence electrons. The van der Waals surface area contributed by atoms with Gasteiger partial charge in [0.2, 0.25) is 0 Å². The number of phenols is 1. The van der Waals surface area contributed by atoms with Gasteiger partial charge in [-0.25, -0.2) is 5.43 Å². The molecule has 0 aromatic heterocycles. The Hall–Kier alpha value is -2.58. The molecule has 0 fully saturated rings. The van der Waals surface area contributed by atoms with E-state index in [-0.39, 0.29) is 12.4 Å². The first-order chi connectivity index (χ1) is 13.5. The number of rotatable bonds is 6. The van der Waals surface area contributed by atoms with Crippen molar-refractivity contribution in [2.75, 3.05) is 13.7 Å². The first kappa shape index (κ1) is 20.2. The van der Waals surface area contributed by atoms with Crippen molar-refractivity contribution >= 4 is 54.8 Å². The molecule has 0 unspecified atom stereocenters. The van der Waals surface area contributed by atoms with Gasteiger partial charge in [0.25, 0.3) is 5.91 Å². The highest BCUT2D eigenvalue weighted by atomic mass is 79.9. The minimum absolute atomic E-state index is 0.00528. The second kappa shape index (κ2) is 9.07. The van der Waals surface area contributed by atoms with Crippen molar-refractivity contribution in [3.8, 4) is 17.2 Å². The minimum atomic E-state index is -0.406. The lowest BCUT2D eigenvalue weighted by Crippen LogP contribution is -2.24. The lowest BCUT2D eigenvalue weighted by atomic mass is 10.1. The number of aromatic hydroxyl groups is 1. The molecule has 0 bridgehead atoms. The number of fused-ring (bicyclic) bond motifs is 1. The molecule has 8 heteroatoms. The summed E-state index contributed by atoms with van der Waals surface area (Å²) >= 11 is 6.97. The number of carbonyl (C=O) groups excluding carboxylic acids is 1. The van der Waals surface area contributed by atoms with E-state index < -0.39 is 5.91 Å². The van der Waals surface area contributed by atoms with Gasteiger partial charge in [-0.05, 0) is 68.7 Å². The Balaban J connectivity index is 1.58. The zero-order valence-corrected chi connectivity index (χ0v) is 18.0. The second-order valence-electron chi connectivity index (χ2n) is 5.76. The van der Waals surface area contributed by atoms with E-state index in [1.165, 1.54) is 19.4 Å². The fraction of sp³-hybridized carbons (Fsp3) is 0.100. The Bertz CT molecular complexity index is 1050. The predicted molar refractivity (Wildman–Crippen MR) is 115 cm³/mol. The number of methoxy groups -OCH3 is 1. The second-order valence-corrected chi connectivity index (χ2v) is 7.46. The van der Waals surface area contributed by atoms with E-state index in [9.17, 15) is 9.90 Å². The number of halogens is 2. The number of hydrogen-bond acceptors (Lipinski definition) is 5. The molecule has 1 amide bonds. The summed E-state index contributed by atoms with van der Waals surface area (Å²) in [5.74, 6) is 0.517. The van der Waals surface area contributed by atoms with Gasteiger partial charge in [-0.1, -0.05) is 28.1 Å². The number of phenolic OH excluding ortho intramolecular Hbond substituents is 1. The van der Waals surface area contributed by atoms with Crippen LogP contribution in [0.25, 0.3) is 10.8 Å². The van der Waals surface area contributed by atoms with Crippen LogP contribution in [0.5, 0.6) is 17.2 Å². The first-order valence-corrected chi connectivity index (χ1v) is 9.76. The molecule has 0 aliphatic heterocycles. The van der Waals surface area contributed by atoms with Crippen LogP contribution in [0.2, 0.25) is 0 Å².